The Balaban J connectivity index is 2.04. The third-order valence-electron chi connectivity index (χ3n) is 3.01. The number of carbonyl (C=O) groups excluding carboxylic acids is 1. The van der Waals surface area contributed by atoms with Gasteiger partial charge in [0.05, 0.1) is 0 Å². The third-order valence-corrected chi connectivity index (χ3v) is 3.25. The zero-order valence-corrected chi connectivity index (χ0v) is 11.3. The summed E-state index contributed by atoms with van der Waals surface area (Å²) in [6, 6.07) is 7.16. The highest BCUT2D eigenvalue weighted by Gasteiger charge is 2.11. The number of unbranched alkanes of at least 4 members (excludes halogenated alkanes) is 3. The summed E-state index contributed by atoms with van der Waals surface area (Å²) in [6.07, 6.45) is 4.96. The summed E-state index contributed by atoms with van der Waals surface area (Å²) in [5.41, 5.74) is 0.719. The molecular weight excluding hydrogens is 248 g/mol. The van der Waals surface area contributed by atoms with Gasteiger partial charge in [-0.1, -0.05) is 37.8 Å². The average Bonchev–Trinajstić information content (AvgIpc) is 2.77. The van der Waals surface area contributed by atoms with E-state index in [-0.39, 0.29) is 5.78 Å². The zero-order chi connectivity index (χ0) is 13.0. The highest BCUT2D eigenvalue weighted by atomic mass is 35.5. The second-order valence-corrected chi connectivity index (χ2v) is 4.96. The van der Waals surface area contributed by atoms with Crippen molar-refractivity contribution < 1.29 is 9.21 Å². The minimum absolute atomic E-state index is 0.0819. The Morgan fingerprint density at radius 3 is 2.83 bits per heavy atom. The zero-order valence-electron chi connectivity index (χ0n) is 10.5. The Hall–Kier alpha value is -1.28. The maximum atomic E-state index is 11.9. The first-order valence-electron chi connectivity index (χ1n) is 6.43. The average molecular weight is 265 g/mol. The summed E-state index contributed by atoms with van der Waals surface area (Å²) in [5.74, 6) is 0.530. The fourth-order valence-electron chi connectivity index (χ4n) is 1.99. The number of halogens is 1. The molecule has 2 rings (SSSR count). The van der Waals surface area contributed by atoms with Gasteiger partial charge in [0, 0.05) is 16.8 Å². The van der Waals surface area contributed by atoms with Crippen LogP contribution in [0.2, 0.25) is 5.02 Å². The molecule has 0 atom stereocenters. The van der Waals surface area contributed by atoms with Gasteiger partial charge < -0.3 is 4.42 Å². The summed E-state index contributed by atoms with van der Waals surface area (Å²) < 4.78 is 5.53. The Bertz CT molecular complexity index is 542. The minimum atomic E-state index is 0.0819. The van der Waals surface area contributed by atoms with Crippen LogP contribution in [-0.4, -0.2) is 5.78 Å². The lowest BCUT2D eigenvalue weighted by Gasteiger charge is -1.97. The van der Waals surface area contributed by atoms with Crippen LogP contribution in [0.4, 0.5) is 0 Å². The molecule has 2 aromatic rings. The highest BCUT2D eigenvalue weighted by molar-refractivity contribution is 6.31. The van der Waals surface area contributed by atoms with E-state index in [2.05, 4.69) is 6.92 Å². The van der Waals surface area contributed by atoms with E-state index in [4.69, 9.17) is 16.0 Å². The van der Waals surface area contributed by atoms with Gasteiger partial charge in [0.1, 0.15) is 5.58 Å². The minimum Gasteiger partial charge on any atom is -0.453 e. The summed E-state index contributed by atoms with van der Waals surface area (Å²) in [7, 11) is 0. The van der Waals surface area contributed by atoms with Crippen LogP contribution in [0.25, 0.3) is 11.0 Å². The first kappa shape index (κ1) is 13.2. The van der Waals surface area contributed by atoms with Crippen molar-refractivity contribution in [2.75, 3.05) is 0 Å². The molecule has 1 aromatic carbocycles. The Morgan fingerprint density at radius 1 is 1.22 bits per heavy atom. The second kappa shape index (κ2) is 6.05. The molecule has 0 aliphatic heterocycles. The van der Waals surface area contributed by atoms with Crippen molar-refractivity contribution in [2.24, 2.45) is 0 Å². The largest absolute Gasteiger partial charge is 0.453 e. The van der Waals surface area contributed by atoms with Gasteiger partial charge in [0.25, 0.3) is 0 Å². The summed E-state index contributed by atoms with van der Waals surface area (Å²) in [5, 5.41) is 1.55. The lowest BCUT2D eigenvalue weighted by atomic mass is 10.1. The molecule has 0 aliphatic carbocycles. The van der Waals surface area contributed by atoms with Crippen LogP contribution >= 0.6 is 11.6 Å². The number of Topliss-reactive ketones (excluding diaryl/α,β-unsaturated/α-hetero) is 1. The fraction of sp³-hybridized carbons (Fsp3) is 0.400. The molecule has 0 N–H and O–H groups in total. The van der Waals surface area contributed by atoms with Crippen LogP contribution in [-0.2, 0) is 0 Å². The van der Waals surface area contributed by atoms with Gasteiger partial charge in [-0.05, 0) is 30.7 Å². The van der Waals surface area contributed by atoms with Crippen molar-refractivity contribution in [2.45, 2.75) is 39.0 Å². The molecule has 0 aliphatic rings. The molecule has 0 radical (unpaired) electrons. The van der Waals surface area contributed by atoms with Crippen LogP contribution in [0.1, 0.15) is 49.6 Å². The van der Waals surface area contributed by atoms with Crippen LogP contribution in [0.15, 0.2) is 28.7 Å². The van der Waals surface area contributed by atoms with E-state index in [1.54, 1.807) is 18.2 Å². The lowest BCUT2D eigenvalue weighted by molar-refractivity contribution is 0.0954. The Labute approximate surface area is 112 Å². The van der Waals surface area contributed by atoms with E-state index in [9.17, 15) is 4.79 Å². The number of benzene rings is 1. The molecule has 0 saturated carbocycles. The maximum Gasteiger partial charge on any atom is 0.198 e. The van der Waals surface area contributed by atoms with E-state index in [0.717, 1.165) is 23.8 Å². The molecule has 96 valence electrons. The van der Waals surface area contributed by atoms with Gasteiger partial charge in [-0.2, -0.15) is 0 Å². The van der Waals surface area contributed by atoms with Crippen LogP contribution in [0.5, 0.6) is 0 Å². The van der Waals surface area contributed by atoms with Crippen LogP contribution in [0.3, 0.4) is 0 Å². The van der Waals surface area contributed by atoms with Crippen molar-refractivity contribution >= 4 is 28.4 Å². The molecule has 2 nitrogen and oxygen atoms in total. The SMILES string of the molecule is CCCCCCC(=O)c1cc2cc(Cl)ccc2o1. The number of rotatable bonds is 6. The molecule has 1 aromatic heterocycles. The number of hydrogen-bond acceptors (Lipinski definition) is 2. The van der Waals surface area contributed by atoms with Gasteiger partial charge in [-0.3, -0.25) is 4.79 Å². The monoisotopic (exact) mass is 264 g/mol. The van der Waals surface area contributed by atoms with E-state index in [0.29, 0.717) is 17.2 Å². The predicted molar refractivity (Wildman–Crippen MR) is 74.3 cm³/mol. The fourth-order valence-corrected chi connectivity index (χ4v) is 2.17. The quantitative estimate of drug-likeness (QED) is 0.528. The standard InChI is InChI=1S/C15H17ClO2/c1-2-3-4-5-6-13(17)15-10-11-9-12(16)7-8-14(11)18-15/h7-10H,2-6H2,1H3. The van der Waals surface area contributed by atoms with Crippen molar-refractivity contribution in [3.8, 4) is 0 Å². The van der Waals surface area contributed by atoms with Gasteiger partial charge in [0.2, 0.25) is 0 Å². The third kappa shape index (κ3) is 3.14. The molecule has 0 unspecified atom stereocenters. The van der Waals surface area contributed by atoms with Gasteiger partial charge in [-0.25, -0.2) is 0 Å². The number of hydrogen-bond donors (Lipinski definition) is 0. The molecule has 0 spiro atoms. The van der Waals surface area contributed by atoms with Crippen molar-refractivity contribution in [3.63, 3.8) is 0 Å². The molecule has 0 saturated heterocycles. The molecular formula is C15H17ClO2. The highest BCUT2D eigenvalue weighted by Crippen LogP contribution is 2.24. The molecule has 1 heterocycles. The smallest absolute Gasteiger partial charge is 0.198 e. The Kier molecular flexibility index (Phi) is 4.43. The van der Waals surface area contributed by atoms with E-state index >= 15 is 0 Å². The van der Waals surface area contributed by atoms with Crippen molar-refractivity contribution in [1.29, 1.82) is 0 Å². The van der Waals surface area contributed by atoms with Crippen LogP contribution in [0, 0.1) is 0 Å². The number of carbonyl (C=O) groups is 1. The van der Waals surface area contributed by atoms with E-state index < -0.39 is 0 Å². The molecule has 18 heavy (non-hydrogen) atoms. The number of fused-ring (bicyclic) bond motifs is 1. The first-order chi connectivity index (χ1) is 8.70. The topological polar surface area (TPSA) is 30.2 Å². The summed E-state index contributed by atoms with van der Waals surface area (Å²) >= 11 is 5.90. The predicted octanol–water partition coefficient (Wildman–Crippen LogP) is 5.24. The van der Waals surface area contributed by atoms with E-state index in [1.165, 1.54) is 12.8 Å². The second-order valence-electron chi connectivity index (χ2n) is 4.53. The normalized spacial score (nSPS) is 11.0. The Morgan fingerprint density at radius 2 is 2.06 bits per heavy atom. The molecule has 0 bridgehead atoms. The van der Waals surface area contributed by atoms with Gasteiger partial charge in [-0.15, -0.1) is 0 Å². The molecule has 0 amide bonds. The van der Waals surface area contributed by atoms with Gasteiger partial charge in [0.15, 0.2) is 11.5 Å². The van der Waals surface area contributed by atoms with E-state index in [1.807, 2.05) is 6.07 Å². The first-order valence-corrected chi connectivity index (χ1v) is 6.81. The maximum absolute atomic E-state index is 11.9. The molecule has 3 heteroatoms. The lowest BCUT2D eigenvalue weighted by Crippen LogP contribution is -1.96. The van der Waals surface area contributed by atoms with Crippen molar-refractivity contribution in [3.05, 3.63) is 35.0 Å². The molecule has 0 fully saturated rings. The number of furan rings is 1. The number of ketones is 1. The van der Waals surface area contributed by atoms with Crippen LogP contribution < -0.4 is 0 Å². The summed E-state index contributed by atoms with van der Waals surface area (Å²) in [4.78, 5) is 11.9. The van der Waals surface area contributed by atoms with Gasteiger partial charge >= 0.3 is 0 Å². The van der Waals surface area contributed by atoms with Crippen molar-refractivity contribution in [1.82, 2.24) is 0 Å². The summed E-state index contributed by atoms with van der Waals surface area (Å²) in [6.45, 7) is 2.16.